The van der Waals surface area contributed by atoms with Gasteiger partial charge in [0.2, 0.25) is 5.91 Å². The number of hydrogen-bond acceptors (Lipinski definition) is 3. The molecule has 1 amide bonds. The molecular weight excluding hydrogens is 228 g/mol. The number of oxime groups is 1. The van der Waals surface area contributed by atoms with E-state index in [0.717, 1.165) is 18.7 Å². The van der Waals surface area contributed by atoms with E-state index in [-0.39, 0.29) is 5.91 Å². The van der Waals surface area contributed by atoms with E-state index < -0.39 is 0 Å². The van der Waals surface area contributed by atoms with Gasteiger partial charge in [0.1, 0.15) is 6.61 Å². The van der Waals surface area contributed by atoms with Gasteiger partial charge >= 0.3 is 0 Å². The average molecular weight is 260 g/mol. The van der Waals surface area contributed by atoms with Gasteiger partial charge in [0, 0.05) is 13.0 Å². The van der Waals surface area contributed by atoms with E-state index in [0.29, 0.717) is 19.4 Å². The molecule has 0 heterocycles. The highest BCUT2D eigenvalue weighted by Crippen LogP contribution is 1.91. The van der Waals surface area contributed by atoms with Gasteiger partial charge in [0.15, 0.2) is 0 Å². The monoisotopic (exact) mass is 260 g/mol. The van der Waals surface area contributed by atoms with Crippen molar-refractivity contribution < 1.29 is 9.63 Å². The Bertz CT molecular complexity index is 188. The van der Waals surface area contributed by atoms with Crippen molar-refractivity contribution in [3.05, 3.63) is 0 Å². The zero-order chi connectivity index (χ0) is 14.8. The van der Waals surface area contributed by atoms with E-state index in [1.807, 2.05) is 48.5 Å². The van der Waals surface area contributed by atoms with Crippen molar-refractivity contribution >= 4 is 11.6 Å². The number of carbonyl (C=O) groups excluding carboxylic acids is 1. The molecule has 0 aromatic rings. The van der Waals surface area contributed by atoms with Gasteiger partial charge in [-0.15, -0.1) is 0 Å². The highest BCUT2D eigenvalue weighted by atomic mass is 16.6. The summed E-state index contributed by atoms with van der Waals surface area (Å²) in [6.07, 6.45) is 2.20. The van der Waals surface area contributed by atoms with Crippen LogP contribution in [0.5, 0.6) is 0 Å². The van der Waals surface area contributed by atoms with Crippen molar-refractivity contribution in [2.75, 3.05) is 13.2 Å². The predicted octanol–water partition coefficient (Wildman–Crippen LogP) is 3.76. The lowest BCUT2D eigenvalue weighted by Crippen LogP contribution is -2.23. The molecule has 0 aliphatic carbocycles. The Balaban J connectivity index is -0.000000506. The predicted molar refractivity (Wildman–Crippen MR) is 80.0 cm³/mol. The summed E-state index contributed by atoms with van der Waals surface area (Å²) in [5.74, 6) is 0.0904. The quantitative estimate of drug-likeness (QED) is 0.430. The summed E-state index contributed by atoms with van der Waals surface area (Å²) in [6, 6.07) is 0. The molecule has 0 aliphatic rings. The Kier molecular flexibility index (Phi) is 26.1. The molecule has 0 aromatic heterocycles. The zero-order valence-corrected chi connectivity index (χ0v) is 13.3. The highest BCUT2D eigenvalue weighted by Gasteiger charge is 1.98. The fraction of sp³-hybridized carbons (Fsp3) is 0.857. The number of nitrogens with zero attached hydrogens (tertiary/aromatic N) is 1. The van der Waals surface area contributed by atoms with E-state index in [1.165, 1.54) is 0 Å². The molecule has 0 aromatic carbocycles. The molecule has 0 fully saturated rings. The summed E-state index contributed by atoms with van der Waals surface area (Å²) in [5.41, 5.74) is 0.889. The van der Waals surface area contributed by atoms with Crippen LogP contribution in [0, 0.1) is 0 Å². The molecular formula is C14H32N2O2. The molecule has 4 nitrogen and oxygen atoms in total. The minimum Gasteiger partial charge on any atom is -0.396 e. The molecule has 18 heavy (non-hydrogen) atoms. The molecule has 1 N–H and O–H groups in total. The number of amides is 1. The molecule has 0 bridgehead atoms. The topological polar surface area (TPSA) is 50.7 Å². The molecule has 0 radical (unpaired) electrons. The van der Waals surface area contributed by atoms with Gasteiger partial charge in [0.25, 0.3) is 0 Å². The normalized spacial score (nSPS) is 7.94. The Morgan fingerprint density at radius 2 is 1.72 bits per heavy atom. The maximum atomic E-state index is 11.1. The molecule has 4 heteroatoms. The summed E-state index contributed by atoms with van der Waals surface area (Å²) in [4.78, 5) is 16.1. The van der Waals surface area contributed by atoms with E-state index >= 15 is 0 Å². The average Bonchev–Trinajstić information content (AvgIpc) is 2.40. The van der Waals surface area contributed by atoms with Crippen molar-refractivity contribution in [1.29, 1.82) is 0 Å². The van der Waals surface area contributed by atoms with Gasteiger partial charge in [-0.2, -0.15) is 0 Å². The summed E-state index contributed by atoms with van der Waals surface area (Å²) in [5, 5.41) is 6.57. The fourth-order valence-electron chi connectivity index (χ4n) is 0.825. The van der Waals surface area contributed by atoms with E-state index in [1.54, 1.807) is 0 Å². The molecule has 110 valence electrons. The number of carbonyl (C=O) groups is 1. The van der Waals surface area contributed by atoms with E-state index in [9.17, 15) is 4.79 Å². The SMILES string of the molecule is CC.CC.CCCNC(=O)CCCON=C(C)C. The van der Waals surface area contributed by atoms with Crippen LogP contribution in [-0.2, 0) is 9.63 Å². The van der Waals surface area contributed by atoms with Gasteiger partial charge in [0.05, 0.1) is 5.71 Å². The largest absolute Gasteiger partial charge is 0.396 e. The van der Waals surface area contributed by atoms with Gasteiger partial charge in [-0.25, -0.2) is 0 Å². The minimum atomic E-state index is 0.0904. The zero-order valence-electron chi connectivity index (χ0n) is 13.3. The molecule has 0 spiro atoms. The third-order valence-electron chi connectivity index (χ3n) is 1.46. The Hall–Kier alpha value is -1.06. The first-order valence-electron chi connectivity index (χ1n) is 7.06. The molecule has 0 rings (SSSR count). The minimum absolute atomic E-state index is 0.0904. The molecule has 0 atom stereocenters. The van der Waals surface area contributed by atoms with Crippen LogP contribution in [0.3, 0.4) is 0 Å². The second kappa shape index (κ2) is 21.2. The van der Waals surface area contributed by atoms with E-state index in [2.05, 4.69) is 10.5 Å². The lowest BCUT2D eigenvalue weighted by Gasteiger charge is -2.02. The highest BCUT2D eigenvalue weighted by molar-refractivity contribution is 5.78. The van der Waals surface area contributed by atoms with Crippen molar-refractivity contribution in [3.63, 3.8) is 0 Å². The Morgan fingerprint density at radius 1 is 1.17 bits per heavy atom. The molecule has 0 unspecified atom stereocenters. The first-order valence-corrected chi connectivity index (χ1v) is 7.06. The Labute approximate surface area is 113 Å². The summed E-state index contributed by atoms with van der Waals surface area (Å²) < 4.78 is 0. The van der Waals surface area contributed by atoms with E-state index in [4.69, 9.17) is 4.84 Å². The van der Waals surface area contributed by atoms with Gasteiger partial charge in [-0.3, -0.25) is 4.79 Å². The summed E-state index contributed by atoms with van der Waals surface area (Å²) in [6.45, 7) is 15.0. The van der Waals surface area contributed by atoms with Crippen molar-refractivity contribution in [1.82, 2.24) is 5.32 Å². The second-order valence-electron chi connectivity index (χ2n) is 3.33. The lowest BCUT2D eigenvalue weighted by molar-refractivity contribution is -0.121. The van der Waals surface area contributed by atoms with Gasteiger partial charge < -0.3 is 10.2 Å². The molecule has 0 saturated heterocycles. The molecule has 0 saturated carbocycles. The van der Waals surface area contributed by atoms with Crippen molar-refractivity contribution in [3.8, 4) is 0 Å². The molecule has 0 aliphatic heterocycles. The van der Waals surface area contributed by atoms with Crippen LogP contribution in [0.25, 0.3) is 0 Å². The first kappa shape index (κ1) is 22.1. The van der Waals surface area contributed by atoms with Crippen LogP contribution in [0.1, 0.15) is 67.7 Å². The first-order chi connectivity index (χ1) is 8.66. The summed E-state index contributed by atoms with van der Waals surface area (Å²) >= 11 is 0. The lowest BCUT2D eigenvalue weighted by atomic mass is 10.3. The van der Waals surface area contributed by atoms with Crippen LogP contribution in [-0.4, -0.2) is 24.8 Å². The smallest absolute Gasteiger partial charge is 0.220 e. The van der Waals surface area contributed by atoms with Crippen molar-refractivity contribution in [2.45, 2.75) is 67.7 Å². The van der Waals surface area contributed by atoms with Gasteiger partial charge in [-0.1, -0.05) is 39.8 Å². The maximum absolute atomic E-state index is 11.1. The third kappa shape index (κ3) is 24.3. The van der Waals surface area contributed by atoms with Crippen LogP contribution in [0.15, 0.2) is 5.16 Å². The maximum Gasteiger partial charge on any atom is 0.220 e. The standard InChI is InChI=1S/C10H20N2O2.2C2H6/c1-4-7-11-10(13)6-5-8-14-12-9(2)3;2*1-2/h4-8H2,1-3H3,(H,11,13);2*1-2H3. The number of rotatable bonds is 7. The van der Waals surface area contributed by atoms with Crippen LogP contribution >= 0.6 is 0 Å². The third-order valence-corrected chi connectivity index (χ3v) is 1.46. The van der Waals surface area contributed by atoms with Crippen LogP contribution < -0.4 is 5.32 Å². The number of nitrogens with one attached hydrogen (secondary N) is 1. The van der Waals surface area contributed by atoms with Crippen LogP contribution in [0.4, 0.5) is 0 Å². The van der Waals surface area contributed by atoms with Crippen molar-refractivity contribution in [2.24, 2.45) is 5.16 Å². The van der Waals surface area contributed by atoms with Crippen LogP contribution in [0.2, 0.25) is 0 Å². The number of hydrogen-bond donors (Lipinski definition) is 1. The summed E-state index contributed by atoms with van der Waals surface area (Å²) in [7, 11) is 0. The van der Waals surface area contributed by atoms with Gasteiger partial charge in [-0.05, 0) is 26.7 Å². The Morgan fingerprint density at radius 3 is 2.17 bits per heavy atom. The fourth-order valence-corrected chi connectivity index (χ4v) is 0.825. The second-order valence-corrected chi connectivity index (χ2v) is 3.33.